The Morgan fingerprint density at radius 2 is 1.14 bits per heavy atom. The third-order valence-electron chi connectivity index (χ3n) is 0. The Bertz CT molecular complexity index is 19.7. The molecule has 1 atom stereocenters. The second-order valence-corrected chi connectivity index (χ2v) is 0.500. The maximum absolute atomic E-state index is 8.17. The molecule has 0 aromatic heterocycles. The monoisotopic (exact) mass is 166 g/mol. The summed E-state index contributed by atoms with van der Waals surface area (Å²) in [4.78, 5) is 0. The third-order valence-corrected chi connectivity index (χ3v) is 0. The molecule has 0 bridgehead atoms. The molecule has 0 aromatic rings. The minimum atomic E-state index is 0. The van der Waals surface area contributed by atoms with E-state index in [1.165, 1.54) is 9.12 Å². The minimum Gasteiger partial charge on any atom is -0.323 e. The van der Waals surface area contributed by atoms with Crippen molar-refractivity contribution in [3.05, 3.63) is 0 Å². The van der Waals surface area contributed by atoms with Crippen LogP contribution in [-0.2, 0) is 4.57 Å². The fourth-order valence-corrected chi connectivity index (χ4v) is 0. The van der Waals surface area contributed by atoms with Gasteiger partial charge in [-0.2, -0.15) is 0 Å². The zero-order valence-corrected chi connectivity index (χ0v) is 7.09. The summed E-state index contributed by atoms with van der Waals surface area (Å²) in [6, 6.07) is 0. The highest BCUT2D eigenvalue weighted by atomic mass is 35.5. The van der Waals surface area contributed by atoms with E-state index in [1.54, 1.807) is 0 Å². The smallest absolute Gasteiger partial charge is 0.310 e. The van der Waals surface area contributed by atoms with Crippen molar-refractivity contribution in [3.63, 3.8) is 0 Å². The van der Waals surface area contributed by atoms with E-state index in [2.05, 4.69) is 5.32 Å². The molecule has 0 aliphatic carbocycles. The summed E-state index contributed by atoms with van der Waals surface area (Å²) in [6.07, 6.45) is 0. The molecule has 0 saturated heterocycles. The molecule has 0 heterocycles. The van der Waals surface area contributed by atoms with Crippen molar-refractivity contribution >= 4 is 33.9 Å². The standard InChI is InChI=1S/C2H7N.2ClH.H2OP/c1-3-2;;;1-2/h3H,1-2H3;2*1H;2H2/q;;;+1. The van der Waals surface area contributed by atoms with Crippen molar-refractivity contribution in [3.8, 4) is 0 Å². The predicted molar refractivity (Wildman–Crippen MR) is 39.9 cm³/mol. The van der Waals surface area contributed by atoms with Crippen molar-refractivity contribution < 1.29 is 4.57 Å². The average molecular weight is 167 g/mol. The molecule has 0 amide bonds. The van der Waals surface area contributed by atoms with Crippen molar-refractivity contribution in [2.75, 3.05) is 14.1 Å². The van der Waals surface area contributed by atoms with Gasteiger partial charge in [-0.05, 0) is 14.1 Å². The third kappa shape index (κ3) is 349. The zero-order chi connectivity index (χ0) is 4.71. The molecule has 0 rings (SSSR count). The van der Waals surface area contributed by atoms with E-state index in [4.69, 9.17) is 4.57 Å². The minimum absolute atomic E-state index is 0. The van der Waals surface area contributed by atoms with Crippen molar-refractivity contribution in [2.24, 2.45) is 0 Å². The molecule has 0 aromatic carbocycles. The highest BCUT2D eigenvalue weighted by Crippen LogP contribution is 1.23. The van der Waals surface area contributed by atoms with Gasteiger partial charge in [-0.3, -0.25) is 0 Å². The summed E-state index contributed by atoms with van der Waals surface area (Å²) < 4.78 is 8.17. The molecule has 0 aliphatic rings. The van der Waals surface area contributed by atoms with Crippen LogP contribution in [0.4, 0.5) is 0 Å². The second-order valence-electron chi connectivity index (χ2n) is 0.500. The number of halogens is 2. The summed E-state index contributed by atoms with van der Waals surface area (Å²) in [7, 11) is 4.92. The summed E-state index contributed by atoms with van der Waals surface area (Å²) in [6.45, 7) is 0. The number of hydrogen-bond donors (Lipinski definition) is 1. The fourth-order valence-electron chi connectivity index (χ4n) is 0. The second kappa shape index (κ2) is 78.5. The zero-order valence-electron chi connectivity index (χ0n) is 4.30. The molecule has 5 heteroatoms. The van der Waals surface area contributed by atoms with Crippen LogP contribution in [-0.4, -0.2) is 14.1 Å². The predicted octanol–water partition coefficient (Wildman–Crippen LogP) is 0.886. The lowest BCUT2D eigenvalue weighted by Gasteiger charge is -1.59. The SMILES string of the molecule is CNC.Cl.Cl.O=[PH2+]. The van der Waals surface area contributed by atoms with Gasteiger partial charge in [0.2, 0.25) is 0 Å². The Kier molecular flexibility index (Phi) is 285. The Hall–Kier alpha value is 0.640. The van der Waals surface area contributed by atoms with Crippen LogP contribution in [0, 0.1) is 0 Å². The van der Waals surface area contributed by atoms with Gasteiger partial charge in [0.1, 0.15) is 0 Å². The van der Waals surface area contributed by atoms with Crippen molar-refractivity contribution in [1.29, 1.82) is 0 Å². The van der Waals surface area contributed by atoms with Gasteiger partial charge in [0.25, 0.3) is 0 Å². The average Bonchev–Trinajstić information content (AvgIpc) is 1.46. The van der Waals surface area contributed by atoms with Crippen LogP contribution in [0.2, 0.25) is 0 Å². The largest absolute Gasteiger partial charge is 0.323 e. The molecule has 0 aliphatic heterocycles. The molecule has 2 nitrogen and oxygen atoms in total. The van der Waals surface area contributed by atoms with E-state index in [0.29, 0.717) is 0 Å². The summed E-state index contributed by atoms with van der Waals surface area (Å²) in [5.74, 6) is 0. The molecular formula is C2H11Cl2NOP+. The lowest BCUT2D eigenvalue weighted by atomic mass is 11.3. The number of rotatable bonds is 0. The Morgan fingerprint density at radius 3 is 1.14 bits per heavy atom. The van der Waals surface area contributed by atoms with E-state index >= 15 is 0 Å². The highest BCUT2D eigenvalue weighted by Gasteiger charge is 1.25. The van der Waals surface area contributed by atoms with Crippen LogP contribution in [0.1, 0.15) is 0 Å². The molecular weight excluding hydrogens is 156 g/mol. The normalized spacial score (nSPS) is 3.14. The van der Waals surface area contributed by atoms with Crippen LogP contribution >= 0.6 is 33.9 Å². The first-order valence-electron chi connectivity index (χ1n) is 1.24. The fraction of sp³-hybridized carbons (Fsp3) is 1.00. The Balaban J connectivity index is -0.0000000105. The van der Waals surface area contributed by atoms with E-state index in [1.807, 2.05) is 14.1 Å². The van der Waals surface area contributed by atoms with Crippen LogP contribution < -0.4 is 5.32 Å². The van der Waals surface area contributed by atoms with E-state index in [-0.39, 0.29) is 24.8 Å². The first-order chi connectivity index (χ1) is 2.41. The number of nitrogens with one attached hydrogen (secondary N) is 1. The van der Waals surface area contributed by atoms with Crippen LogP contribution in [0.25, 0.3) is 0 Å². The van der Waals surface area contributed by atoms with Crippen LogP contribution in [0.15, 0.2) is 0 Å². The quantitative estimate of drug-likeness (QED) is 0.542. The van der Waals surface area contributed by atoms with Gasteiger partial charge < -0.3 is 5.32 Å². The van der Waals surface area contributed by atoms with E-state index in [9.17, 15) is 0 Å². The molecule has 1 unspecified atom stereocenters. The highest BCUT2D eigenvalue weighted by molar-refractivity contribution is 7.00. The van der Waals surface area contributed by atoms with E-state index < -0.39 is 0 Å². The summed E-state index contributed by atoms with van der Waals surface area (Å²) in [5.41, 5.74) is 0. The van der Waals surface area contributed by atoms with E-state index in [0.717, 1.165) is 0 Å². The molecule has 0 radical (unpaired) electrons. The van der Waals surface area contributed by atoms with Crippen LogP contribution in [0.5, 0.6) is 0 Å². The lowest BCUT2D eigenvalue weighted by molar-refractivity contribution is 0.607. The maximum Gasteiger partial charge on any atom is 0.310 e. The molecule has 48 valence electrons. The molecule has 1 N–H and O–H groups in total. The van der Waals surface area contributed by atoms with Gasteiger partial charge >= 0.3 is 9.12 Å². The van der Waals surface area contributed by atoms with Crippen LogP contribution in [0.3, 0.4) is 0 Å². The Labute approximate surface area is 58.5 Å². The van der Waals surface area contributed by atoms with Gasteiger partial charge in [0.05, 0.1) is 0 Å². The summed E-state index contributed by atoms with van der Waals surface area (Å²) >= 11 is 0. The topological polar surface area (TPSA) is 29.1 Å². The van der Waals surface area contributed by atoms with Crippen molar-refractivity contribution in [2.45, 2.75) is 0 Å². The number of hydrogen-bond acceptors (Lipinski definition) is 2. The maximum atomic E-state index is 8.17. The Morgan fingerprint density at radius 1 is 1.14 bits per heavy atom. The lowest BCUT2D eigenvalue weighted by Crippen LogP contribution is -1.89. The molecule has 0 spiro atoms. The molecule has 0 fully saturated rings. The van der Waals surface area contributed by atoms with Gasteiger partial charge in [-0.15, -0.1) is 24.8 Å². The molecule has 7 heavy (non-hydrogen) atoms. The van der Waals surface area contributed by atoms with Gasteiger partial charge in [0, 0.05) is 0 Å². The first-order valence-corrected chi connectivity index (χ1v) is 1.71. The van der Waals surface area contributed by atoms with Gasteiger partial charge in [-0.1, -0.05) is 4.57 Å². The molecule has 0 saturated carbocycles. The summed E-state index contributed by atoms with van der Waals surface area (Å²) in [5, 5.41) is 2.75. The first kappa shape index (κ1) is 25.4. The van der Waals surface area contributed by atoms with Gasteiger partial charge in [-0.25, -0.2) is 0 Å². The van der Waals surface area contributed by atoms with Gasteiger partial charge in [0.15, 0.2) is 0 Å². The van der Waals surface area contributed by atoms with Crippen molar-refractivity contribution in [1.82, 2.24) is 5.32 Å².